The maximum absolute atomic E-state index is 12.8. The van der Waals surface area contributed by atoms with Gasteiger partial charge in [-0.05, 0) is 11.6 Å². The number of cyclic esters (lactones) is 1. The fraction of sp³-hybridized carbons (Fsp3) is 0.526. The van der Waals surface area contributed by atoms with Crippen LogP contribution in [0.5, 0.6) is 17.2 Å². The van der Waals surface area contributed by atoms with Crippen LogP contribution in [0.3, 0.4) is 0 Å². The lowest BCUT2D eigenvalue weighted by molar-refractivity contribution is -0.923. The van der Waals surface area contributed by atoms with E-state index in [0.29, 0.717) is 34.8 Å². The molecule has 26 heavy (non-hydrogen) atoms. The Labute approximate surface area is 152 Å². The summed E-state index contributed by atoms with van der Waals surface area (Å²) in [6.07, 6.45) is 1.49. The quantitative estimate of drug-likeness (QED) is 0.347. The van der Waals surface area contributed by atoms with Gasteiger partial charge in [-0.15, -0.1) is 5.76 Å². The highest BCUT2D eigenvalue weighted by Crippen LogP contribution is 2.51. The fourth-order valence-corrected chi connectivity index (χ4v) is 4.10. The van der Waals surface area contributed by atoms with Crippen LogP contribution in [-0.4, -0.2) is 51.6 Å². The van der Waals surface area contributed by atoms with Gasteiger partial charge in [-0.3, -0.25) is 0 Å². The number of carbonyl (C=O) groups excluding carboxylic acids is 1. The van der Waals surface area contributed by atoms with E-state index in [4.69, 9.17) is 18.9 Å². The average molecular weight is 361 g/mol. The molecule has 0 spiro atoms. The van der Waals surface area contributed by atoms with Crippen LogP contribution in [0.1, 0.15) is 30.0 Å². The Bertz CT molecular complexity index is 798. The number of benzene rings is 1. The number of fused-ring (bicyclic) bond motifs is 2. The lowest BCUT2D eigenvalue weighted by Gasteiger charge is -2.44. The van der Waals surface area contributed by atoms with Crippen molar-refractivity contribution in [3.8, 4) is 17.2 Å². The maximum Gasteiger partial charge on any atom is 0.333 e. The predicted molar refractivity (Wildman–Crippen MR) is 89.8 cm³/mol. The lowest BCUT2D eigenvalue weighted by Crippen LogP contribution is -2.48. The Kier molecular flexibility index (Phi) is 3.99. The highest BCUT2D eigenvalue weighted by molar-refractivity contribution is 5.90. The van der Waals surface area contributed by atoms with E-state index < -0.39 is 5.97 Å². The maximum atomic E-state index is 12.8. The number of likely N-dealkylation sites (N-methyl/N-ethyl adjacent to an activating group) is 1. The molecule has 0 bridgehead atoms. The molecule has 140 valence electrons. The van der Waals surface area contributed by atoms with E-state index in [0.717, 1.165) is 24.1 Å². The fourth-order valence-electron chi connectivity index (χ4n) is 4.10. The van der Waals surface area contributed by atoms with Gasteiger partial charge in [-0.1, -0.05) is 0 Å². The third kappa shape index (κ3) is 2.58. The van der Waals surface area contributed by atoms with Crippen LogP contribution in [-0.2, 0) is 16.0 Å². The predicted octanol–water partition coefficient (Wildman–Crippen LogP) is 1.05. The van der Waals surface area contributed by atoms with Crippen molar-refractivity contribution < 1.29 is 33.3 Å². The first-order chi connectivity index (χ1) is 12.4. The first kappa shape index (κ1) is 17.0. The molecule has 1 saturated heterocycles. The van der Waals surface area contributed by atoms with E-state index in [1.807, 2.05) is 6.07 Å². The van der Waals surface area contributed by atoms with Gasteiger partial charge in [0.2, 0.25) is 12.5 Å². The summed E-state index contributed by atoms with van der Waals surface area (Å²) in [5.41, 5.74) is 2.37. The zero-order valence-corrected chi connectivity index (χ0v) is 15.3. The molecule has 0 aromatic heterocycles. The van der Waals surface area contributed by atoms with E-state index in [9.17, 15) is 9.90 Å². The van der Waals surface area contributed by atoms with Crippen molar-refractivity contribution in [3.63, 3.8) is 0 Å². The Hall–Kier alpha value is -2.41. The molecule has 3 aliphatic rings. The van der Waals surface area contributed by atoms with E-state index in [1.165, 1.54) is 0 Å². The smallest absolute Gasteiger partial charge is 0.333 e. The van der Waals surface area contributed by atoms with Crippen molar-refractivity contribution in [2.45, 2.75) is 25.3 Å². The van der Waals surface area contributed by atoms with Gasteiger partial charge in [0, 0.05) is 24.8 Å². The van der Waals surface area contributed by atoms with Crippen LogP contribution in [0.4, 0.5) is 0 Å². The van der Waals surface area contributed by atoms with Crippen molar-refractivity contribution in [2.75, 3.05) is 41.1 Å². The number of carbonyl (C=O) groups is 1. The van der Waals surface area contributed by atoms with Crippen LogP contribution in [0.15, 0.2) is 17.4 Å². The van der Waals surface area contributed by atoms with Crippen molar-refractivity contribution in [1.29, 1.82) is 0 Å². The number of rotatable bonds is 3. The summed E-state index contributed by atoms with van der Waals surface area (Å²) in [6.45, 7) is 1.34. The number of hydrogen-bond acceptors (Lipinski definition) is 6. The Balaban J connectivity index is 1.81. The lowest BCUT2D eigenvalue weighted by atomic mass is 9.86. The van der Waals surface area contributed by atoms with Gasteiger partial charge in [-0.25, -0.2) is 4.79 Å². The van der Waals surface area contributed by atoms with Gasteiger partial charge in [0.05, 0.1) is 39.9 Å². The van der Waals surface area contributed by atoms with Crippen LogP contribution in [0.25, 0.3) is 0 Å². The van der Waals surface area contributed by atoms with E-state index in [2.05, 4.69) is 14.1 Å². The first-order valence-electron chi connectivity index (χ1n) is 8.80. The van der Waals surface area contributed by atoms with E-state index in [1.54, 1.807) is 7.11 Å². The molecule has 1 aromatic rings. The molecule has 1 fully saturated rings. The summed E-state index contributed by atoms with van der Waals surface area (Å²) in [5.74, 6) is 1.30. The zero-order valence-electron chi connectivity index (χ0n) is 15.3. The van der Waals surface area contributed by atoms with Gasteiger partial charge >= 0.3 is 5.97 Å². The number of hydrogen-bond donors (Lipinski definition) is 0. The normalized spacial score (nSPS) is 24.9. The molecule has 7 nitrogen and oxygen atoms in total. The minimum atomic E-state index is -0.478. The second-order valence-corrected chi connectivity index (χ2v) is 7.48. The van der Waals surface area contributed by atoms with Crippen molar-refractivity contribution in [1.82, 2.24) is 0 Å². The molecule has 0 saturated carbocycles. The molecule has 1 atom stereocenters. The Morgan fingerprint density at radius 2 is 2.12 bits per heavy atom. The summed E-state index contributed by atoms with van der Waals surface area (Å²) >= 11 is 0. The molecular weight excluding hydrogens is 338 g/mol. The molecular formula is C19H23NO6. The summed E-state index contributed by atoms with van der Waals surface area (Å²) < 4.78 is 22.4. The average Bonchev–Trinajstić information content (AvgIpc) is 3.24. The first-order valence-corrected chi connectivity index (χ1v) is 8.80. The molecule has 1 aromatic carbocycles. The van der Waals surface area contributed by atoms with E-state index >= 15 is 0 Å². The monoisotopic (exact) mass is 361 g/mol. The Morgan fingerprint density at radius 3 is 2.81 bits per heavy atom. The van der Waals surface area contributed by atoms with Gasteiger partial charge in [0.1, 0.15) is 6.04 Å². The summed E-state index contributed by atoms with van der Waals surface area (Å²) in [6, 6.07) is 1.87. The van der Waals surface area contributed by atoms with Crippen LogP contribution >= 0.6 is 0 Å². The Morgan fingerprint density at radius 1 is 1.31 bits per heavy atom. The number of esters is 1. The second kappa shape index (κ2) is 6.09. The molecule has 4 rings (SSSR count). The number of quaternary nitrogens is 1. The molecule has 3 heterocycles. The molecule has 0 N–H and O–H groups in total. The second-order valence-electron chi connectivity index (χ2n) is 7.48. The minimum absolute atomic E-state index is 0.128. The summed E-state index contributed by atoms with van der Waals surface area (Å²) in [5, 5.41) is 12.8. The van der Waals surface area contributed by atoms with Crippen molar-refractivity contribution in [2.24, 2.45) is 0 Å². The molecule has 3 aliphatic heterocycles. The van der Waals surface area contributed by atoms with Crippen molar-refractivity contribution in [3.05, 3.63) is 28.5 Å². The van der Waals surface area contributed by atoms with Gasteiger partial charge in [0.15, 0.2) is 11.5 Å². The molecule has 0 aliphatic carbocycles. The summed E-state index contributed by atoms with van der Waals surface area (Å²) in [7, 11) is 5.80. The molecule has 7 heteroatoms. The standard InChI is InChI=1S/C19H23NO6/c1-20(2)6-4-11-8-15-17(26-10-25-15)18(23-3)16(11)13(20)9-14(21)12-5-7-24-19(12)22/h8,13H,4-7,9-10H2,1-3H3. The van der Waals surface area contributed by atoms with Crippen molar-refractivity contribution >= 4 is 5.97 Å². The summed E-state index contributed by atoms with van der Waals surface area (Å²) in [4.78, 5) is 11.8. The van der Waals surface area contributed by atoms with E-state index in [-0.39, 0.29) is 30.6 Å². The van der Waals surface area contributed by atoms with Gasteiger partial charge < -0.3 is 28.5 Å². The topological polar surface area (TPSA) is 77.0 Å². The highest BCUT2D eigenvalue weighted by atomic mass is 16.7. The molecule has 0 radical (unpaired) electrons. The molecule has 1 unspecified atom stereocenters. The minimum Gasteiger partial charge on any atom is -0.875 e. The third-order valence-corrected chi connectivity index (χ3v) is 5.63. The SMILES string of the molecule is COc1c2c(cc3c1C(C/C([O-])=C1/CCOC1=O)[N+](C)(C)CC3)OCO2. The van der Waals surface area contributed by atoms with Gasteiger partial charge in [-0.2, -0.15) is 0 Å². The highest BCUT2D eigenvalue weighted by Gasteiger charge is 2.41. The van der Waals surface area contributed by atoms with Crippen LogP contribution < -0.4 is 19.3 Å². The van der Waals surface area contributed by atoms with Crippen LogP contribution in [0, 0.1) is 0 Å². The van der Waals surface area contributed by atoms with Crippen LogP contribution in [0.2, 0.25) is 0 Å². The number of nitrogens with zero attached hydrogens (tertiary/aromatic N) is 1. The number of ether oxygens (including phenoxy) is 4. The number of methoxy groups -OCH3 is 1. The third-order valence-electron chi connectivity index (χ3n) is 5.63. The molecule has 0 amide bonds. The van der Waals surface area contributed by atoms with Gasteiger partial charge in [0.25, 0.3) is 0 Å². The largest absolute Gasteiger partial charge is 0.875 e. The zero-order chi connectivity index (χ0) is 18.5.